The van der Waals surface area contributed by atoms with Gasteiger partial charge in [-0.2, -0.15) is 0 Å². The number of benzene rings is 1. The van der Waals surface area contributed by atoms with Crippen LogP contribution < -0.4 is 0 Å². The normalized spacial score (nSPS) is 18.7. The Hall–Kier alpha value is -1.16. The fourth-order valence-electron chi connectivity index (χ4n) is 2.99. The van der Waals surface area contributed by atoms with Crippen molar-refractivity contribution in [3.63, 3.8) is 0 Å². The van der Waals surface area contributed by atoms with Gasteiger partial charge in [-0.3, -0.25) is 4.79 Å². The lowest BCUT2D eigenvalue weighted by Gasteiger charge is -2.28. The molecule has 18 heavy (non-hydrogen) atoms. The molecular weight excluding hydrogens is 248 g/mol. The maximum Gasteiger partial charge on any atom is 0.150 e. The van der Waals surface area contributed by atoms with E-state index in [1.54, 1.807) is 12.1 Å². The molecular formula is C14H18O3S. The standard InChI is InChI=1S/C14H18O3S/c1-18(16,17)11-14(8-2-3-9-14)13-6-4-12(10-15)5-7-13/h4-7,10H,2-3,8-9,11H2,1H3. The van der Waals surface area contributed by atoms with Crippen LogP contribution in [0.5, 0.6) is 0 Å². The fraction of sp³-hybridized carbons (Fsp3) is 0.500. The molecule has 0 spiro atoms. The molecule has 1 aromatic carbocycles. The summed E-state index contributed by atoms with van der Waals surface area (Å²) >= 11 is 0. The molecule has 0 saturated heterocycles. The number of hydrogen-bond donors (Lipinski definition) is 0. The van der Waals surface area contributed by atoms with E-state index in [1.807, 2.05) is 12.1 Å². The van der Waals surface area contributed by atoms with Gasteiger partial charge in [0.2, 0.25) is 0 Å². The van der Waals surface area contributed by atoms with Gasteiger partial charge in [-0.1, -0.05) is 37.1 Å². The van der Waals surface area contributed by atoms with Crippen molar-refractivity contribution < 1.29 is 13.2 Å². The molecule has 1 fully saturated rings. The predicted octanol–water partition coefficient (Wildman–Crippen LogP) is 2.36. The molecule has 1 aliphatic rings. The molecule has 0 radical (unpaired) electrons. The Morgan fingerprint density at radius 3 is 2.17 bits per heavy atom. The third kappa shape index (κ3) is 2.80. The monoisotopic (exact) mass is 266 g/mol. The van der Waals surface area contributed by atoms with Crippen molar-refractivity contribution in [1.82, 2.24) is 0 Å². The molecule has 0 aliphatic heterocycles. The van der Waals surface area contributed by atoms with Gasteiger partial charge in [0.25, 0.3) is 0 Å². The van der Waals surface area contributed by atoms with E-state index in [0.717, 1.165) is 37.5 Å². The molecule has 0 heterocycles. The summed E-state index contributed by atoms with van der Waals surface area (Å²) in [6.07, 6.45) is 6.09. The molecule has 0 amide bonds. The van der Waals surface area contributed by atoms with Gasteiger partial charge >= 0.3 is 0 Å². The zero-order chi connectivity index (χ0) is 13.2. The second-order valence-electron chi connectivity index (χ2n) is 5.30. The predicted molar refractivity (Wildman–Crippen MR) is 71.7 cm³/mol. The van der Waals surface area contributed by atoms with E-state index in [2.05, 4.69) is 0 Å². The van der Waals surface area contributed by atoms with Crippen LogP contribution in [-0.2, 0) is 15.3 Å². The molecule has 0 bridgehead atoms. The Bertz CT molecular complexity index is 523. The molecule has 4 heteroatoms. The highest BCUT2D eigenvalue weighted by Gasteiger charge is 2.38. The topological polar surface area (TPSA) is 51.2 Å². The first-order valence-corrected chi connectivity index (χ1v) is 8.25. The second kappa shape index (κ2) is 4.84. The summed E-state index contributed by atoms with van der Waals surface area (Å²) < 4.78 is 23.3. The molecule has 0 aromatic heterocycles. The Labute approximate surface area is 108 Å². The summed E-state index contributed by atoms with van der Waals surface area (Å²) in [5, 5.41) is 0. The van der Waals surface area contributed by atoms with Gasteiger partial charge in [0.05, 0.1) is 5.75 Å². The number of rotatable bonds is 4. The number of carbonyl (C=O) groups is 1. The van der Waals surface area contributed by atoms with Crippen LogP contribution in [0.2, 0.25) is 0 Å². The Morgan fingerprint density at radius 2 is 1.72 bits per heavy atom. The lowest BCUT2D eigenvalue weighted by atomic mass is 9.80. The largest absolute Gasteiger partial charge is 0.298 e. The van der Waals surface area contributed by atoms with Gasteiger partial charge in [0.15, 0.2) is 0 Å². The quantitative estimate of drug-likeness (QED) is 0.786. The zero-order valence-electron chi connectivity index (χ0n) is 10.6. The van der Waals surface area contributed by atoms with Crippen LogP contribution in [0.3, 0.4) is 0 Å². The lowest BCUT2D eigenvalue weighted by Crippen LogP contribution is -2.31. The van der Waals surface area contributed by atoms with Crippen molar-refractivity contribution in [1.29, 1.82) is 0 Å². The van der Waals surface area contributed by atoms with Crippen LogP contribution in [0.25, 0.3) is 0 Å². The Balaban J connectivity index is 2.37. The van der Waals surface area contributed by atoms with Crippen LogP contribution >= 0.6 is 0 Å². The van der Waals surface area contributed by atoms with Gasteiger partial charge in [-0.15, -0.1) is 0 Å². The lowest BCUT2D eigenvalue weighted by molar-refractivity contribution is 0.112. The maximum atomic E-state index is 11.6. The third-order valence-corrected chi connectivity index (χ3v) is 4.84. The average molecular weight is 266 g/mol. The van der Waals surface area contributed by atoms with Crippen LogP contribution in [0.1, 0.15) is 41.6 Å². The van der Waals surface area contributed by atoms with Crippen LogP contribution in [0.15, 0.2) is 24.3 Å². The van der Waals surface area contributed by atoms with E-state index in [-0.39, 0.29) is 11.2 Å². The van der Waals surface area contributed by atoms with Crippen molar-refractivity contribution in [3.05, 3.63) is 35.4 Å². The van der Waals surface area contributed by atoms with Crippen LogP contribution in [0.4, 0.5) is 0 Å². The maximum absolute atomic E-state index is 11.6. The van der Waals surface area contributed by atoms with Gasteiger partial charge in [0, 0.05) is 17.2 Å². The van der Waals surface area contributed by atoms with Gasteiger partial charge < -0.3 is 0 Å². The minimum absolute atomic E-state index is 0.209. The van der Waals surface area contributed by atoms with E-state index in [1.165, 1.54) is 6.26 Å². The van der Waals surface area contributed by atoms with E-state index < -0.39 is 9.84 Å². The minimum Gasteiger partial charge on any atom is -0.298 e. The summed E-state index contributed by atoms with van der Waals surface area (Å²) in [7, 11) is -3.00. The first-order chi connectivity index (χ1) is 8.45. The van der Waals surface area contributed by atoms with Crippen molar-refractivity contribution in [3.8, 4) is 0 Å². The molecule has 0 atom stereocenters. The summed E-state index contributed by atoms with van der Waals surface area (Å²) in [4.78, 5) is 10.7. The van der Waals surface area contributed by atoms with E-state index in [9.17, 15) is 13.2 Å². The summed E-state index contributed by atoms with van der Waals surface area (Å²) in [6.45, 7) is 0. The van der Waals surface area contributed by atoms with Crippen molar-refractivity contribution in [2.75, 3.05) is 12.0 Å². The molecule has 1 saturated carbocycles. The minimum atomic E-state index is -3.00. The van der Waals surface area contributed by atoms with Crippen molar-refractivity contribution >= 4 is 16.1 Å². The van der Waals surface area contributed by atoms with Crippen LogP contribution in [0, 0.1) is 0 Å². The highest BCUT2D eigenvalue weighted by Crippen LogP contribution is 2.42. The fourth-order valence-corrected chi connectivity index (χ4v) is 4.44. The molecule has 1 aliphatic carbocycles. The molecule has 0 unspecified atom stereocenters. The third-order valence-electron chi connectivity index (χ3n) is 3.76. The Morgan fingerprint density at radius 1 is 1.17 bits per heavy atom. The van der Waals surface area contributed by atoms with Crippen molar-refractivity contribution in [2.24, 2.45) is 0 Å². The van der Waals surface area contributed by atoms with Gasteiger partial charge in [-0.05, 0) is 18.4 Å². The van der Waals surface area contributed by atoms with Gasteiger partial charge in [0.1, 0.15) is 16.1 Å². The molecule has 0 N–H and O–H groups in total. The highest BCUT2D eigenvalue weighted by molar-refractivity contribution is 7.90. The first kappa shape index (κ1) is 13.3. The number of hydrogen-bond acceptors (Lipinski definition) is 3. The molecule has 1 aromatic rings. The molecule has 3 nitrogen and oxygen atoms in total. The summed E-state index contributed by atoms with van der Waals surface area (Å²) in [5.74, 6) is 0.209. The Kier molecular flexibility index (Phi) is 3.57. The highest BCUT2D eigenvalue weighted by atomic mass is 32.2. The first-order valence-electron chi connectivity index (χ1n) is 6.19. The second-order valence-corrected chi connectivity index (χ2v) is 7.44. The van der Waals surface area contributed by atoms with E-state index in [0.29, 0.717) is 5.56 Å². The van der Waals surface area contributed by atoms with E-state index >= 15 is 0 Å². The summed E-state index contributed by atoms with van der Waals surface area (Å²) in [6, 6.07) is 7.34. The molecule has 2 rings (SSSR count). The smallest absolute Gasteiger partial charge is 0.150 e. The number of sulfone groups is 1. The van der Waals surface area contributed by atoms with E-state index in [4.69, 9.17) is 0 Å². The van der Waals surface area contributed by atoms with Crippen molar-refractivity contribution in [2.45, 2.75) is 31.1 Å². The molecule has 98 valence electrons. The number of carbonyl (C=O) groups excluding carboxylic acids is 1. The summed E-state index contributed by atoms with van der Waals surface area (Å²) in [5.41, 5.74) is 1.44. The van der Waals surface area contributed by atoms with Gasteiger partial charge in [-0.25, -0.2) is 8.42 Å². The van der Waals surface area contributed by atoms with Crippen LogP contribution in [-0.4, -0.2) is 26.7 Å². The zero-order valence-corrected chi connectivity index (χ0v) is 11.4. The SMILES string of the molecule is CS(=O)(=O)CC1(c2ccc(C=O)cc2)CCCC1. The number of aldehydes is 1. The average Bonchev–Trinajstić information content (AvgIpc) is 2.76.